The van der Waals surface area contributed by atoms with Crippen LogP contribution in [0.5, 0.6) is 0 Å². The summed E-state index contributed by atoms with van der Waals surface area (Å²) in [5.74, 6) is 1.92. The molecule has 0 amide bonds. The van der Waals surface area contributed by atoms with Gasteiger partial charge in [-0.3, -0.25) is 0 Å². The van der Waals surface area contributed by atoms with E-state index in [9.17, 15) is 4.39 Å². The molecule has 1 heteroatoms. The van der Waals surface area contributed by atoms with Crippen LogP contribution in [0.25, 0.3) is 0 Å². The van der Waals surface area contributed by atoms with Gasteiger partial charge in [0, 0.05) is 0 Å². The zero-order chi connectivity index (χ0) is 16.1. The smallest absolute Gasteiger partial charge is 0.126 e. The minimum atomic E-state index is -0.0248. The van der Waals surface area contributed by atoms with Crippen molar-refractivity contribution in [1.82, 2.24) is 0 Å². The van der Waals surface area contributed by atoms with Gasteiger partial charge in [-0.25, -0.2) is 4.39 Å². The van der Waals surface area contributed by atoms with Gasteiger partial charge in [0.2, 0.25) is 0 Å². The Bertz CT molecular complexity index is 535. The van der Waals surface area contributed by atoms with E-state index in [0.29, 0.717) is 0 Å². The molecule has 0 nitrogen and oxygen atoms in total. The highest BCUT2D eigenvalue weighted by molar-refractivity contribution is 5.37. The first-order valence-corrected chi connectivity index (χ1v) is 9.70. The van der Waals surface area contributed by atoms with Crippen molar-refractivity contribution < 1.29 is 4.39 Å². The lowest BCUT2D eigenvalue weighted by Crippen LogP contribution is -2.15. The maximum atomic E-state index is 13.8. The third kappa shape index (κ3) is 4.46. The van der Waals surface area contributed by atoms with Crippen LogP contribution in [0.3, 0.4) is 0 Å². The monoisotopic (exact) mass is 314 g/mol. The molecule has 0 radical (unpaired) electrons. The molecular weight excluding hydrogens is 283 g/mol. The van der Waals surface area contributed by atoms with Crippen molar-refractivity contribution >= 4 is 0 Å². The molecule has 126 valence electrons. The number of allylic oxidation sites excluding steroid dienone is 2. The molecule has 0 saturated heterocycles. The summed E-state index contributed by atoms with van der Waals surface area (Å²) in [5, 5.41) is 0. The van der Waals surface area contributed by atoms with E-state index in [1.165, 1.54) is 68.9 Å². The van der Waals surface area contributed by atoms with Gasteiger partial charge in [0.1, 0.15) is 5.82 Å². The number of hydrogen-bond acceptors (Lipinski definition) is 0. The van der Waals surface area contributed by atoms with Crippen LogP contribution in [0, 0.1) is 17.7 Å². The van der Waals surface area contributed by atoms with Gasteiger partial charge in [-0.05, 0) is 54.7 Å². The van der Waals surface area contributed by atoms with E-state index < -0.39 is 0 Å². The predicted molar refractivity (Wildman–Crippen MR) is 96.1 cm³/mol. The van der Waals surface area contributed by atoms with Crippen LogP contribution in [0.15, 0.2) is 29.8 Å². The Labute approximate surface area is 141 Å². The van der Waals surface area contributed by atoms with E-state index in [0.717, 1.165) is 30.2 Å². The minimum absolute atomic E-state index is 0.0248. The summed E-state index contributed by atoms with van der Waals surface area (Å²) >= 11 is 0. The highest BCUT2D eigenvalue weighted by Crippen LogP contribution is 2.35. The van der Waals surface area contributed by atoms with Crippen LogP contribution in [0.2, 0.25) is 0 Å². The summed E-state index contributed by atoms with van der Waals surface area (Å²) in [6.45, 7) is 2.30. The normalized spacial score (nSPS) is 24.2. The number of unbranched alkanes of at least 4 members (excludes halogenated alkanes) is 1. The highest BCUT2D eigenvalue weighted by Gasteiger charge is 2.21. The Morgan fingerprint density at radius 2 is 1.78 bits per heavy atom. The fourth-order valence-corrected chi connectivity index (χ4v) is 4.44. The average Bonchev–Trinajstić information content (AvgIpc) is 2.59. The molecule has 23 heavy (non-hydrogen) atoms. The van der Waals surface area contributed by atoms with Crippen LogP contribution in [-0.4, -0.2) is 0 Å². The maximum Gasteiger partial charge on any atom is 0.126 e. The Morgan fingerprint density at radius 3 is 2.52 bits per heavy atom. The van der Waals surface area contributed by atoms with Crippen molar-refractivity contribution in [2.24, 2.45) is 11.8 Å². The molecule has 0 heterocycles. The third-order valence-electron chi connectivity index (χ3n) is 6.03. The molecule has 2 aliphatic carbocycles. The van der Waals surface area contributed by atoms with Crippen LogP contribution >= 0.6 is 0 Å². The summed E-state index contributed by atoms with van der Waals surface area (Å²) in [4.78, 5) is 0. The fraction of sp³-hybridized carbons (Fsp3) is 0.636. The van der Waals surface area contributed by atoms with E-state index in [4.69, 9.17) is 0 Å². The molecule has 0 aliphatic heterocycles. The number of halogens is 1. The molecule has 0 spiro atoms. The van der Waals surface area contributed by atoms with Crippen LogP contribution in [0.4, 0.5) is 4.39 Å². The lowest BCUT2D eigenvalue weighted by molar-refractivity contribution is 0.249. The second kappa shape index (κ2) is 8.13. The Kier molecular flexibility index (Phi) is 5.91. The number of benzene rings is 1. The molecule has 1 aromatic carbocycles. The first-order valence-electron chi connectivity index (χ1n) is 9.70. The fourth-order valence-electron chi connectivity index (χ4n) is 4.44. The van der Waals surface area contributed by atoms with Crippen molar-refractivity contribution in [1.29, 1.82) is 0 Å². The van der Waals surface area contributed by atoms with Crippen molar-refractivity contribution in [2.75, 3.05) is 0 Å². The van der Waals surface area contributed by atoms with Gasteiger partial charge in [0.25, 0.3) is 0 Å². The molecule has 0 atom stereocenters. The summed E-state index contributed by atoms with van der Waals surface area (Å²) < 4.78 is 13.8. The van der Waals surface area contributed by atoms with Crippen LogP contribution in [0.1, 0.15) is 75.8 Å². The average molecular weight is 314 g/mol. The Balaban J connectivity index is 1.43. The molecule has 1 saturated carbocycles. The molecule has 0 aromatic heterocycles. The summed E-state index contributed by atoms with van der Waals surface area (Å²) in [6, 6.07) is 5.55. The molecule has 3 rings (SSSR count). The quantitative estimate of drug-likeness (QED) is 0.517. The van der Waals surface area contributed by atoms with Gasteiger partial charge < -0.3 is 0 Å². The standard InChI is InChI=1S/C22H31F/c1-2-3-5-17-8-10-18(11-9-17)12-13-19-14-15-21-20(16-19)6-4-7-22(21)23/h4,6-7,14,17-18H,2-3,5,8-13,15-16H2,1H3. The van der Waals surface area contributed by atoms with Crippen molar-refractivity contribution in [3.63, 3.8) is 0 Å². The number of fused-ring (bicyclic) bond motifs is 1. The lowest BCUT2D eigenvalue weighted by Gasteiger charge is -2.29. The Hall–Kier alpha value is -1.11. The molecule has 2 aliphatic rings. The van der Waals surface area contributed by atoms with E-state index in [-0.39, 0.29) is 5.82 Å². The largest absolute Gasteiger partial charge is 0.207 e. The van der Waals surface area contributed by atoms with Gasteiger partial charge in [-0.15, -0.1) is 0 Å². The third-order valence-corrected chi connectivity index (χ3v) is 6.03. The van der Waals surface area contributed by atoms with Crippen molar-refractivity contribution in [3.8, 4) is 0 Å². The number of hydrogen-bond donors (Lipinski definition) is 0. The van der Waals surface area contributed by atoms with E-state index in [2.05, 4.69) is 19.1 Å². The van der Waals surface area contributed by atoms with Gasteiger partial charge in [-0.2, -0.15) is 0 Å². The lowest BCUT2D eigenvalue weighted by atomic mass is 9.77. The maximum absolute atomic E-state index is 13.8. The number of rotatable bonds is 6. The topological polar surface area (TPSA) is 0 Å². The predicted octanol–water partition coefficient (Wildman–Crippen LogP) is 6.63. The van der Waals surface area contributed by atoms with Crippen LogP contribution in [-0.2, 0) is 12.8 Å². The zero-order valence-corrected chi connectivity index (χ0v) is 14.6. The van der Waals surface area contributed by atoms with Gasteiger partial charge >= 0.3 is 0 Å². The Morgan fingerprint density at radius 1 is 1.04 bits per heavy atom. The first kappa shape index (κ1) is 16.7. The van der Waals surface area contributed by atoms with E-state index in [1.807, 2.05) is 6.07 Å². The first-order chi connectivity index (χ1) is 11.3. The highest BCUT2D eigenvalue weighted by atomic mass is 19.1. The summed E-state index contributed by atoms with van der Waals surface area (Å²) in [5.41, 5.74) is 3.68. The van der Waals surface area contributed by atoms with Crippen molar-refractivity contribution in [3.05, 3.63) is 46.8 Å². The molecular formula is C22H31F. The van der Waals surface area contributed by atoms with Crippen LogP contribution < -0.4 is 0 Å². The van der Waals surface area contributed by atoms with Gasteiger partial charge in [-0.1, -0.05) is 75.7 Å². The minimum Gasteiger partial charge on any atom is -0.207 e. The molecule has 0 unspecified atom stereocenters. The molecule has 1 fully saturated rings. The van der Waals surface area contributed by atoms with E-state index >= 15 is 0 Å². The second-order valence-electron chi connectivity index (χ2n) is 7.69. The molecule has 0 bridgehead atoms. The molecule has 0 N–H and O–H groups in total. The van der Waals surface area contributed by atoms with Gasteiger partial charge in [0.05, 0.1) is 0 Å². The second-order valence-corrected chi connectivity index (χ2v) is 7.69. The van der Waals surface area contributed by atoms with E-state index in [1.54, 1.807) is 6.07 Å². The SMILES string of the molecule is CCCCC1CCC(CCC2=CCc3c(F)cccc3C2)CC1. The van der Waals surface area contributed by atoms with Gasteiger partial charge in [0.15, 0.2) is 0 Å². The molecule has 1 aromatic rings. The van der Waals surface area contributed by atoms with Crippen molar-refractivity contribution in [2.45, 2.75) is 77.6 Å². The summed E-state index contributed by atoms with van der Waals surface area (Å²) in [7, 11) is 0. The summed E-state index contributed by atoms with van der Waals surface area (Å²) in [6.07, 6.45) is 16.6. The zero-order valence-electron chi connectivity index (χ0n) is 14.6.